The number of hydrogen-bond acceptors (Lipinski definition) is 5. The lowest BCUT2D eigenvalue weighted by Crippen LogP contribution is -2.44. The molecule has 0 aromatic heterocycles. The lowest BCUT2D eigenvalue weighted by molar-refractivity contribution is -0.126. The number of aryl methyl sites for hydroxylation is 2. The molecule has 2 amide bonds. The molecule has 1 atom stereocenters. The Bertz CT molecular complexity index is 718. The molecule has 3 N–H and O–H groups in total. The largest absolute Gasteiger partial charge is 0.383 e. The lowest BCUT2D eigenvalue weighted by Gasteiger charge is -2.13. The van der Waals surface area contributed by atoms with Crippen LogP contribution < -0.4 is 15.4 Å². The molecule has 0 aliphatic rings. The maximum Gasteiger partial charge on any atom is 0.241 e. The molecule has 0 aliphatic heterocycles. The van der Waals surface area contributed by atoms with E-state index in [0.29, 0.717) is 6.61 Å². The standard InChI is InChI=1S/C16H25N3O5S/c1-11-5-6-14(7-12(11)2)25(22,23)18-9-15(20)17-8-16(21)19-13(3)10-24-4/h5-7,13,18H,8-10H2,1-4H3,(H,17,20)(H,19,21)/t13-/m0/s1. The highest BCUT2D eigenvalue weighted by atomic mass is 32.2. The molecule has 25 heavy (non-hydrogen) atoms. The summed E-state index contributed by atoms with van der Waals surface area (Å²) in [5, 5.41) is 4.98. The zero-order valence-electron chi connectivity index (χ0n) is 14.9. The molecular weight excluding hydrogens is 346 g/mol. The van der Waals surface area contributed by atoms with Crippen molar-refractivity contribution in [2.45, 2.75) is 31.7 Å². The number of hydrogen-bond donors (Lipinski definition) is 3. The third-order valence-corrected chi connectivity index (χ3v) is 4.88. The summed E-state index contributed by atoms with van der Waals surface area (Å²) in [6.45, 7) is 5.13. The first kappa shape index (κ1) is 21.1. The highest BCUT2D eigenvalue weighted by Gasteiger charge is 2.16. The molecule has 9 heteroatoms. The molecule has 0 aliphatic carbocycles. The second-order valence-corrected chi connectivity index (χ2v) is 7.54. The van der Waals surface area contributed by atoms with Crippen molar-refractivity contribution in [2.75, 3.05) is 26.8 Å². The van der Waals surface area contributed by atoms with Crippen LogP contribution in [0.3, 0.4) is 0 Å². The number of benzene rings is 1. The van der Waals surface area contributed by atoms with Crippen LogP contribution in [0.1, 0.15) is 18.1 Å². The Kier molecular flexibility index (Phi) is 8.01. The van der Waals surface area contributed by atoms with Crippen LogP contribution in [-0.2, 0) is 24.3 Å². The van der Waals surface area contributed by atoms with Gasteiger partial charge in [-0.15, -0.1) is 0 Å². The van der Waals surface area contributed by atoms with E-state index in [1.807, 2.05) is 13.8 Å². The van der Waals surface area contributed by atoms with Gasteiger partial charge in [-0.25, -0.2) is 13.1 Å². The van der Waals surface area contributed by atoms with E-state index in [-0.39, 0.29) is 23.4 Å². The molecule has 0 saturated heterocycles. The van der Waals surface area contributed by atoms with Crippen molar-refractivity contribution in [3.63, 3.8) is 0 Å². The molecule has 0 fully saturated rings. The fraction of sp³-hybridized carbons (Fsp3) is 0.500. The smallest absolute Gasteiger partial charge is 0.241 e. The van der Waals surface area contributed by atoms with Crippen LogP contribution in [0.5, 0.6) is 0 Å². The number of nitrogens with one attached hydrogen (secondary N) is 3. The number of carbonyl (C=O) groups is 2. The second-order valence-electron chi connectivity index (χ2n) is 5.77. The maximum absolute atomic E-state index is 12.2. The first-order chi connectivity index (χ1) is 11.7. The minimum atomic E-state index is -3.79. The zero-order chi connectivity index (χ0) is 19.0. The predicted molar refractivity (Wildman–Crippen MR) is 93.6 cm³/mol. The number of methoxy groups -OCH3 is 1. The number of ether oxygens (including phenoxy) is 1. The first-order valence-electron chi connectivity index (χ1n) is 7.77. The van der Waals surface area contributed by atoms with Crippen LogP contribution in [0, 0.1) is 13.8 Å². The molecule has 1 rings (SSSR count). The van der Waals surface area contributed by atoms with E-state index >= 15 is 0 Å². The molecule has 0 spiro atoms. The van der Waals surface area contributed by atoms with Crippen molar-refractivity contribution in [1.29, 1.82) is 0 Å². The molecule has 1 aromatic rings. The third kappa shape index (κ3) is 7.20. The van der Waals surface area contributed by atoms with Crippen LogP contribution >= 0.6 is 0 Å². The first-order valence-corrected chi connectivity index (χ1v) is 9.26. The van der Waals surface area contributed by atoms with Gasteiger partial charge in [0.2, 0.25) is 21.8 Å². The number of carbonyl (C=O) groups excluding carboxylic acids is 2. The fourth-order valence-corrected chi connectivity index (χ4v) is 3.05. The summed E-state index contributed by atoms with van der Waals surface area (Å²) in [4.78, 5) is 23.4. The van der Waals surface area contributed by atoms with Crippen molar-refractivity contribution in [3.8, 4) is 0 Å². The summed E-state index contributed by atoms with van der Waals surface area (Å²) in [6.07, 6.45) is 0. The van der Waals surface area contributed by atoms with E-state index in [1.165, 1.54) is 13.2 Å². The van der Waals surface area contributed by atoms with E-state index in [0.717, 1.165) is 11.1 Å². The Morgan fingerprint density at radius 1 is 1.12 bits per heavy atom. The maximum atomic E-state index is 12.2. The minimum absolute atomic E-state index is 0.0922. The number of rotatable bonds is 9. The van der Waals surface area contributed by atoms with Gasteiger partial charge in [0.05, 0.1) is 24.6 Å². The SMILES string of the molecule is COC[C@H](C)NC(=O)CNC(=O)CNS(=O)(=O)c1ccc(C)c(C)c1. The average Bonchev–Trinajstić information content (AvgIpc) is 2.53. The molecule has 0 heterocycles. The highest BCUT2D eigenvalue weighted by molar-refractivity contribution is 7.89. The predicted octanol–water partition coefficient (Wildman–Crippen LogP) is -0.151. The number of sulfonamides is 1. The van der Waals surface area contributed by atoms with Crippen LogP contribution in [0.25, 0.3) is 0 Å². The van der Waals surface area contributed by atoms with Crippen LogP contribution in [0.2, 0.25) is 0 Å². The van der Waals surface area contributed by atoms with Gasteiger partial charge in [0.1, 0.15) is 0 Å². The van der Waals surface area contributed by atoms with E-state index < -0.39 is 22.5 Å². The van der Waals surface area contributed by atoms with Gasteiger partial charge in [-0.05, 0) is 44.0 Å². The normalized spacial score (nSPS) is 12.5. The molecular formula is C16H25N3O5S. The van der Waals surface area contributed by atoms with E-state index in [4.69, 9.17) is 4.74 Å². The summed E-state index contributed by atoms with van der Waals surface area (Å²) in [6, 6.07) is 4.54. The molecule has 0 saturated carbocycles. The Morgan fingerprint density at radius 3 is 2.40 bits per heavy atom. The van der Waals surface area contributed by atoms with E-state index in [1.54, 1.807) is 19.1 Å². The Labute approximate surface area is 148 Å². The van der Waals surface area contributed by atoms with Crippen LogP contribution in [-0.4, -0.2) is 53.1 Å². The fourth-order valence-electron chi connectivity index (χ4n) is 1.98. The molecule has 0 radical (unpaired) electrons. The van der Waals surface area contributed by atoms with Crippen molar-refractivity contribution in [2.24, 2.45) is 0 Å². The Morgan fingerprint density at radius 2 is 1.80 bits per heavy atom. The van der Waals surface area contributed by atoms with Crippen molar-refractivity contribution in [3.05, 3.63) is 29.3 Å². The van der Waals surface area contributed by atoms with Crippen LogP contribution in [0.4, 0.5) is 0 Å². The van der Waals surface area contributed by atoms with Gasteiger partial charge in [-0.3, -0.25) is 9.59 Å². The van der Waals surface area contributed by atoms with E-state index in [9.17, 15) is 18.0 Å². The minimum Gasteiger partial charge on any atom is -0.383 e. The van der Waals surface area contributed by atoms with Crippen molar-refractivity contribution >= 4 is 21.8 Å². The van der Waals surface area contributed by atoms with Gasteiger partial charge in [-0.1, -0.05) is 6.07 Å². The highest BCUT2D eigenvalue weighted by Crippen LogP contribution is 2.14. The van der Waals surface area contributed by atoms with Gasteiger partial charge in [0.15, 0.2) is 0 Å². The third-order valence-electron chi connectivity index (χ3n) is 3.48. The van der Waals surface area contributed by atoms with Crippen molar-refractivity contribution in [1.82, 2.24) is 15.4 Å². The summed E-state index contributed by atoms with van der Waals surface area (Å²) in [5.41, 5.74) is 1.82. The van der Waals surface area contributed by atoms with Gasteiger partial charge >= 0.3 is 0 Å². The summed E-state index contributed by atoms with van der Waals surface area (Å²) in [7, 11) is -2.27. The van der Waals surface area contributed by atoms with Crippen LogP contribution in [0.15, 0.2) is 23.1 Å². The zero-order valence-corrected chi connectivity index (χ0v) is 15.7. The topological polar surface area (TPSA) is 114 Å². The number of amides is 2. The van der Waals surface area contributed by atoms with Gasteiger partial charge in [0, 0.05) is 13.2 Å². The Hall–Kier alpha value is -1.97. The quantitative estimate of drug-likeness (QED) is 0.559. The van der Waals surface area contributed by atoms with E-state index in [2.05, 4.69) is 15.4 Å². The molecule has 140 valence electrons. The molecule has 8 nitrogen and oxygen atoms in total. The molecule has 0 bridgehead atoms. The van der Waals surface area contributed by atoms with Gasteiger partial charge < -0.3 is 15.4 Å². The summed E-state index contributed by atoms with van der Waals surface area (Å²) >= 11 is 0. The molecule has 1 aromatic carbocycles. The van der Waals surface area contributed by atoms with Gasteiger partial charge in [-0.2, -0.15) is 0 Å². The second kappa shape index (κ2) is 9.50. The monoisotopic (exact) mass is 371 g/mol. The summed E-state index contributed by atoms with van der Waals surface area (Å²) in [5.74, 6) is -0.975. The van der Waals surface area contributed by atoms with Crippen molar-refractivity contribution < 1.29 is 22.7 Å². The molecule has 0 unspecified atom stereocenters. The summed E-state index contributed by atoms with van der Waals surface area (Å²) < 4.78 is 31.4. The average molecular weight is 371 g/mol. The lowest BCUT2D eigenvalue weighted by atomic mass is 10.1. The Balaban J connectivity index is 2.47. The van der Waals surface area contributed by atoms with Gasteiger partial charge in [0.25, 0.3) is 0 Å².